The Balaban J connectivity index is 0.756. The van der Waals surface area contributed by atoms with Crippen LogP contribution in [-0.4, -0.2) is 101 Å². The highest BCUT2D eigenvalue weighted by atomic mass is 16.5. The molecule has 0 aliphatic carbocycles. The minimum atomic E-state index is -1.03. The van der Waals surface area contributed by atoms with Crippen molar-refractivity contribution in [3.8, 4) is 23.0 Å². The second kappa shape index (κ2) is 18.5. The molecule has 3 aliphatic heterocycles. The van der Waals surface area contributed by atoms with Crippen molar-refractivity contribution in [3.05, 3.63) is 102 Å². The number of aromatic amines is 1. The number of nitrogens with one attached hydrogen (secondary N) is 3. The summed E-state index contributed by atoms with van der Waals surface area (Å²) in [6.07, 6.45) is 10.8. The molecule has 1 unspecified atom stereocenters. The molecule has 17 nitrogen and oxygen atoms in total. The number of carbonyl (C=O) groups is 6. The molecule has 0 bridgehead atoms. The van der Waals surface area contributed by atoms with Gasteiger partial charge in [0.05, 0.1) is 34.8 Å². The molecule has 2 fully saturated rings. The van der Waals surface area contributed by atoms with Crippen LogP contribution in [0.3, 0.4) is 0 Å². The molecule has 7 heterocycles. The first-order valence-electron chi connectivity index (χ1n) is 20.8. The molecule has 0 saturated carbocycles. The van der Waals surface area contributed by atoms with E-state index in [9.17, 15) is 28.8 Å². The van der Waals surface area contributed by atoms with Crippen LogP contribution in [0.25, 0.3) is 17.2 Å². The fraction of sp³-hybridized carbons (Fsp3) is 0.364. The first-order chi connectivity index (χ1) is 29.7. The molecule has 314 valence electrons. The number of amides is 6. The van der Waals surface area contributed by atoms with E-state index in [-0.39, 0.29) is 47.4 Å². The van der Waals surface area contributed by atoms with Crippen LogP contribution < -0.4 is 15.4 Å². The number of aromatic nitrogens is 6. The van der Waals surface area contributed by atoms with E-state index in [0.29, 0.717) is 54.9 Å². The summed E-state index contributed by atoms with van der Waals surface area (Å²) >= 11 is 0. The predicted octanol–water partition coefficient (Wildman–Crippen LogP) is 5.22. The highest BCUT2D eigenvalue weighted by Gasteiger charge is 2.46. The number of hydrogen-bond donors (Lipinski definition) is 3. The summed E-state index contributed by atoms with van der Waals surface area (Å²) in [5.74, 6) is -0.984. The van der Waals surface area contributed by atoms with Crippen molar-refractivity contribution in [2.75, 3.05) is 25.0 Å². The molecule has 3 N–H and O–H groups in total. The van der Waals surface area contributed by atoms with Gasteiger partial charge in [-0.25, -0.2) is 9.97 Å². The molecular weight excluding hydrogens is 781 g/mol. The standard InChI is InChI=1S/C44H46N10O7/c55-38-18-17-34(42(58)49-38)53-43(59)29-11-9-14-35(40(29)44(53)60)61-26-8-4-2-1-3-5-16-39(56)52-24-20-28(21-25-52)33-27-37(54(51-33)36-15-6-7-22-45-36)48-41(57)32-13-10-12-30(47-32)31-19-23-46-50-31/h6-7,9-15,19,22-23,27-28,34H,1-5,8,16-18,20-21,24-26H2,(H,46,50)(H,48,57)(H,49,55,58). The maximum Gasteiger partial charge on any atom is 0.275 e. The Morgan fingerprint density at radius 2 is 1.64 bits per heavy atom. The van der Waals surface area contributed by atoms with E-state index >= 15 is 0 Å². The van der Waals surface area contributed by atoms with E-state index in [2.05, 4.69) is 30.8 Å². The summed E-state index contributed by atoms with van der Waals surface area (Å²) < 4.78 is 7.58. The number of fused-ring (bicyclic) bond motifs is 1. The number of piperidine rings is 2. The summed E-state index contributed by atoms with van der Waals surface area (Å²) in [4.78, 5) is 88.8. The number of benzene rings is 1. The molecule has 3 aliphatic rings. The normalized spacial score (nSPS) is 16.8. The number of unbranched alkanes of at least 4 members (excludes halogenated alkanes) is 5. The van der Waals surface area contributed by atoms with Crippen LogP contribution in [0.15, 0.2) is 79.1 Å². The summed E-state index contributed by atoms with van der Waals surface area (Å²) in [5.41, 5.74) is 2.72. The third-order valence-electron chi connectivity index (χ3n) is 11.3. The number of imide groups is 2. The zero-order valence-electron chi connectivity index (χ0n) is 33.5. The average molecular weight is 827 g/mol. The van der Waals surface area contributed by atoms with E-state index in [1.807, 2.05) is 29.2 Å². The van der Waals surface area contributed by atoms with E-state index in [1.54, 1.807) is 59.5 Å². The fourth-order valence-corrected chi connectivity index (χ4v) is 8.09. The number of rotatable bonds is 16. The molecule has 6 amide bonds. The zero-order valence-corrected chi connectivity index (χ0v) is 33.5. The number of anilines is 1. The van der Waals surface area contributed by atoms with Gasteiger partial charge in [-0.2, -0.15) is 14.9 Å². The van der Waals surface area contributed by atoms with E-state index in [1.165, 1.54) is 0 Å². The maximum absolute atomic E-state index is 13.4. The fourth-order valence-electron chi connectivity index (χ4n) is 8.09. The lowest BCUT2D eigenvalue weighted by atomic mass is 9.93. The van der Waals surface area contributed by atoms with Crippen LogP contribution in [0.5, 0.6) is 5.75 Å². The maximum atomic E-state index is 13.4. The van der Waals surface area contributed by atoms with Gasteiger partial charge in [0.25, 0.3) is 17.7 Å². The molecule has 1 aromatic carbocycles. The lowest BCUT2D eigenvalue weighted by molar-refractivity contribution is -0.136. The number of nitrogens with zero attached hydrogens (tertiary/aromatic N) is 7. The highest BCUT2D eigenvalue weighted by molar-refractivity contribution is 6.24. The minimum absolute atomic E-state index is 0.0579. The number of carbonyl (C=O) groups excluding carboxylic acids is 6. The van der Waals surface area contributed by atoms with Gasteiger partial charge < -0.3 is 15.0 Å². The van der Waals surface area contributed by atoms with Gasteiger partial charge >= 0.3 is 0 Å². The van der Waals surface area contributed by atoms with Gasteiger partial charge in [-0.15, -0.1) is 0 Å². The zero-order chi connectivity index (χ0) is 42.3. The molecule has 8 rings (SSSR count). The monoisotopic (exact) mass is 826 g/mol. The summed E-state index contributed by atoms with van der Waals surface area (Å²) in [6, 6.07) is 18.2. The van der Waals surface area contributed by atoms with Gasteiger partial charge in [0.15, 0.2) is 5.82 Å². The van der Waals surface area contributed by atoms with Crippen LogP contribution in [0.1, 0.15) is 113 Å². The topological polar surface area (TPSA) is 214 Å². The molecule has 1 atom stereocenters. The molecule has 0 spiro atoms. The molecule has 0 radical (unpaired) electrons. The van der Waals surface area contributed by atoms with Gasteiger partial charge in [-0.1, -0.05) is 43.9 Å². The predicted molar refractivity (Wildman–Crippen MR) is 221 cm³/mol. The largest absolute Gasteiger partial charge is 0.493 e. The van der Waals surface area contributed by atoms with Crippen molar-refractivity contribution in [2.45, 2.75) is 82.6 Å². The number of pyridine rings is 2. The van der Waals surface area contributed by atoms with Crippen LogP contribution in [0, 0.1) is 0 Å². The Hall–Kier alpha value is -7.04. The molecule has 4 aromatic heterocycles. The SMILES string of the molecule is O=C1CCC(N2C(=O)c3cccc(OCCCCCCCCC(=O)N4CCC(c5cc(NC(=O)c6cccc(-c7ccn[nH]7)n6)n(-c6ccccn6)n5)CC4)c3C2=O)C(=O)N1. The molecule has 5 aromatic rings. The number of H-pyrrole nitrogens is 1. The number of likely N-dealkylation sites (tertiary alicyclic amines) is 1. The number of ether oxygens (including phenoxy) is 1. The van der Waals surface area contributed by atoms with Gasteiger partial charge in [-0.05, 0) is 74.6 Å². The van der Waals surface area contributed by atoms with Crippen LogP contribution >= 0.6 is 0 Å². The third kappa shape index (κ3) is 9.10. The summed E-state index contributed by atoms with van der Waals surface area (Å²) in [7, 11) is 0. The van der Waals surface area contributed by atoms with Gasteiger partial charge in [-0.3, -0.25) is 44.1 Å². The lowest BCUT2D eigenvalue weighted by Gasteiger charge is -2.31. The van der Waals surface area contributed by atoms with E-state index < -0.39 is 29.7 Å². The minimum Gasteiger partial charge on any atom is -0.493 e. The van der Waals surface area contributed by atoms with Gasteiger partial charge in [0, 0.05) is 50.3 Å². The first kappa shape index (κ1) is 40.7. The molecule has 17 heteroatoms. The third-order valence-corrected chi connectivity index (χ3v) is 11.3. The second-order valence-electron chi connectivity index (χ2n) is 15.4. The highest BCUT2D eigenvalue weighted by Crippen LogP contribution is 2.34. The van der Waals surface area contributed by atoms with Crippen LogP contribution in [-0.2, 0) is 14.4 Å². The van der Waals surface area contributed by atoms with Gasteiger partial charge in [0.2, 0.25) is 17.7 Å². The molecule has 61 heavy (non-hydrogen) atoms. The van der Waals surface area contributed by atoms with Crippen molar-refractivity contribution in [3.63, 3.8) is 0 Å². The van der Waals surface area contributed by atoms with Crippen molar-refractivity contribution in [1.82, 2.24) is 45.1 Å². The van der Waals surface area contributed by atoms with Crippen molar-refractivity contribution < 1.29 is 33.5 Å². The smallest absolute Gasteiger partial charge is 0.275 e. The average Bonchev–Trinajstić information content (AvgIpc) is 4.03. The second-order valence-corrected chi connectivity index (χ2v) is 15.4. The molecular formula is C44H46N10O7. The first-order valence-corrected chi connectivity index (χ1v) is 20.8. The van der Waals surface area contributed by atoms with Crippen molar-refractivity contribution in [1.29, 1.82) is 0 Å². The summed E-state index contributed by atoms with van der Waals surface area (Å²) in [5, 5.41) is 16.9. The Morgan fingerprint density at radius 3 is 2.41 bits per heavy atom. The van der Waals surface area contributed by atoms with E-state index in [4.69, 9.17) is 9.84 Å². The lowest BCUT2D eigenvalue weighted by Crippen LogP contribution is -2.54. The Kier molecular flexibility index (Phi) is 12.3. The van der Waals surface area contributed by atoms with E-state index in [0.717, 1.165) is 62.0 Å². The van der Waals surface area contributed by atoms with Crippen molar-refractivity contribution in [2.24, 2.45) is 0 Å². The number of hydrogen-bond acceptors (Lipinski definition) is 11. The van der Waals surface area contributed by atoms with Crippen LogP contribution in [0.4, 0.5) is 5.82 Å². The quantitative estimate of drug-likeness (QED) is 0.0866. The Bertz CT molecular complexity index is 2430. The van der Waals surface area contributed by atoms with Crippen LogP contribution in [0.2, 0.25) is 0 Å². The Morgan fingerprint density at radius 1 is 0.836 bits per heavy atom. The summed E-state index contributed by atoms with van der Waals surface area (Å²) in [6.45, 7) is 1.62. The Labute approximate surface area is 351 Å². The van der Waals surface area contributed by atoms with Crippen molar-refractivity contribution >= 4 is 41.3 Å². The molecule has 2 saturated heterocycles. The van der Waals surface area contributed by atoms with Gasteiger partial charge in [0.1, 0.15) is 23.3 Å².